The maximum Gasteiger partial charge on any atom is 0.271 e. The van der Waals surface area contributed by atoms with Crippen LogP contribution in [-0.2, 0) is 6.42 Å². The van der Waals surface area contributed by atoms with E-state index in [-0.39, 0.29) is 11.5 Å². The molecule has 0 aliphatic rings. The van der Waals surface area contributed by atoms with Crippen molar-refractivity contribution in [3.05, 3.63) is 52.4 Å². The molecule has 0 spiro atoms. The number of aromatic nitrogens is 3. The van der Waals surface area contributed by atoms with Gasteiger partial charge in [0.05, 0.1) is 0 Å². The lowest BCUT2D eigenvalue weighted by Gasteiger charge is -1.97. The highest BCUT2D eigenvalue weighted by atomic mass is 16.1. The second-order valence-corrected chi connectivity index (χ2v) is 3.63. The molecule has 6 heteroatoms. The van der Waals surface area contributed by atoms with Crippen LogP contribution in [0, 0.1) is 0 Å². The standard InChI is InChI=1S/C12H13N5O/c18-11-9-14-17-12(15-11)16-13-8-4-7-10-5-2-1-3-6-10/h1-3,5-6,8-9H,4,7H2,(H2,15,16,17,18). The van der Waals surface area contributed by atoms with Crippen LogP contribution in [0.15, 0.2) is 46.4 Å². The van der Waals surface area contributed by atoms with Gasteiger partial charge >= 0.3 is 0 Å². The van der Waals surface area contributed by atoms with Crippen molar-refractivity contribution in [3.63, 3.8) is 0 Å². The molecule has 0 fully saturated rings. The number of hydrogen-bond donors (Lipinski definition) is 2. The number of nitrogens with zero attached hydrogens (tertiary/aromatic N) is 3. The highest BCUT2D eigenvalue weighted by molar-refractivity contribution is 5.58. The maximum atomic E-state index is 10.9. The minimum absolute atomic E-state index is 0.235. The molecular formula is C12H13N5O. The number of hydrogen-bond acceptors (Lipinski definition) is 5. The number of rotatable bonds is 5. The zero-order chi connectivity index (χ0) is 12.6. The van der Waals surface area contributed by atoms with Gasteiger partial charge < -0.3 is 0 Å². The first kappa shape index (κ1) is 12.0. The van der Waals surface area contributed by atoms with Gasteiger partial charge in [0, 0.05) is 6.21 Å². The molecule has 1 aromatic heterocycles. The summed E-state index contributed by atoms with van der Waals surface area (Å²) in [5.41, 5.74) is 3.56. The number of benzene rings is 1. The van der Waals surface area contributed by atoms with Crippen LogP contribution in [0.1, 0.15) is 12.0 Å². The summed E-state index contributed by atoms with van der Waals surface area (Å²) >= 11 is 0. The van der Waals surface area contributed by atoms with E-state index in [9.17, 15) is 4.79 Å². The van der Waals surface area contributed by atoms with Crippen LogP contribution in [0.25, 0.3) is 0 Å². The average Bonchev–Trinajstić information content (AvgIpc) is 2.40. The highest BCUT2D eigenvalue weighted by Crippen LogP contribution is 2.00. The summed E-state index contributed by atoms with van der Waals surface area (Å²) in [5, 5.41) is 11.1. The second-order valence-electron chi connectivity index (χ2n) is 3.63. The second kappa shape index (κ2) is 6.29. The Morgan fingerprint density at radius 2 is 2.17 bits per heavy atom. The van der Waals surface area contributed by atoms with Crippen molar-refractivity contribution in [1.82, 2.24) is 15.2 Å². The van der Waals surface area contributed by atoms with Gasteiger partial charge in [-0.2, -0.15) is 5.10 Å². The maximum absolute atomic E-state index is 10.9. The molecule has 1 aromatic carbocycles. The molecule has 0 unspecified atom stereocenters. The summed E-state index contributed by atoms with van der Waals surface area (Å²) in [6.07, 6.45) is 4.56. The molecule has 0 aliphatic carbocycles. The quantitative estimate of drug-likeness (QED) is 0.610. The van der Waals surface area contributed by atoms with Gasteiger partial charge in [0.15, 0.2) is 0 Å². The zero-order valence-electron chi connectivity index (χ0n) is 9.71. The average molecular weight is 243 g/mol. The lowest BCUT2D eigenvalue weighted by atomic mass is 10.1. The van der Waals surface area contributed by atoms with Crippen molar-refractivity contribution in [3.8, 4) is 0 Å². The molecule has 2 rings (SSSR count). The monoisotopic (exact) mass is 243 g/mol. The Morgan fingerprint density at radius 1 is 1.33 bits per heavy atom. The Balaban J connectivity index is 1.77. The van der Waals surface area contributed by atoms with Crippen molar-refractivity contribution in [2.45, 2.75) is 12.8 Å². The third kappa shape index (κ3) is 3.82. The van der Waals surface area contributed by atoms with Gasteiger partial charge in [0.1, 0.15) is 6.20 Å². The summed E-state index contributed by atoms with van der Waals surface area (Å²) in [6.45, 7) is 0. The van der Waals surface area contributed by atoms with E-state index < -0.39 is 0 Å². The predicted molar refractivity (Wildman–Crippen MR) is 69.5 cm³/mol. The molecule has 0 saturated heterocycles. The fraction of sp³-hybridized carbons (Fsp3) is 0.167. The SMILES string of the molecule is O=c1cnnc(NN=CCCc2ccccc2)[nH]1. The number of aryl methyl sites for hydroxylation is 1. The van der Waals surface area contributed by atoms with E-state index in [1.54, 1.807) is 6.21 Å². The lowest BCUT2D eigenvalue weighted by molar-refractivity contribution is 0.937. The fourth-order valence-corrected chi connectivity index (χ4v) is 1.41. The van der Waals surface area contributed by atoms with Gasteiger partial charge in [-0.3, -0.25) is 9.78 Å². The van der Waals surface area contributed by atoms with Crippen LogP contribution in [-0.4, -0.2) is 21.4 Å². The van der Waals surface area contributed by atoms with Gasteiger partial charge in [0.2, 0.25) is 5.95 Å². The molecule has 0 saturated carbocycles. The Kier molecular flexibility index (Phi) is 4.18. The van der Waals surface area contributed by atoms with E-state index in [0.717, 1.165) is 19.0 Å². The van der Waals surface area contributed by atoms with Crippen LogP contribution < -0.4 is 11.0 Å². The third-order valence-electron chi connectivity index (χ3n) is 2.24. The zero-order valence-corrected chi connectivity index (χ0v) is 9.71. The summed E-state index contributed by atoms with van der Waals surface area (Å²) in [7, 11) is 0. The molecule has 1 heterocycles. The topological polar surface area (TPSA) is 83.0 Å². The minimum atomic E-state index is -0.313. The first-order valence-corrected chi connectivity index (χ1v) is 5.58. The summed E-state index contributed by atoms with van der Waals surface area (Å²) < 4.78 is 0. The number of aromatic amines is 1. The van der Waals surface area contributed by atoms with Crippen molar-refractivity contribution in [2.24, 2.45) is 5.10 Å². The number of anilines is 1. The lowest BCUT2D eigenvalue weighted by Crippen LogP contribution is -2.10. The molecular weight excluding hydrogens is 230 g/mol. The van der Waals surface area contributed by atoms with Crippen molar-refractivity contribution >= 4 is 12.2 Å². The van der Waals surface area contributed by atoms with Crippen LogP contribution in [0.3, 0.4) is 0 Å². The highest BCUT2D eigenvalue weighted by Gasteiger charge is 1.92. The van der Waals surface area contributed by atoms with Crippen LogP contribution >= 0.6 is 0 Å². The number of H-pyrrole nitrogens is 1. The van der Waals surface area contributed by atoms with E-state index >= 15 is 0 Å². The van der Waals surface area contributed by atoms with Crippen molar-refractivity contribution < 1.29 is 0 Å². The van der Waals surface area contributed by atoms with E-state index in [4.69, 9.17) is 0 Å². The van der Waals surface area contributed by atoms with E-state index in [1.165, 1.54) is 5.56 Å². The van der Waals surface area contributed by atoms with Crippen molar-refractivity contribution in [2.75, 3.05) is 5.43 Å². The molecule has 2 aromatic rings. The molecule has 2 N–H and O–H groups in total. The van der Waals surface area contributed by atoms with Crippen LogP contribution in [0.4, 0.5) is 5.95 Å². The van der Waals surface area contributed by atoms with Gasteiger partial charge in [-0.1, -0.05) is 30.3 Å². The molecule has 18 heavy (non-hydrogen) atoms. The predicted octanol–water partition coefficient (Wildman–Crippen LogP) is 1.20. The summed E-state index contributed by atoms with van der Waals surface area (Å²) in [5.74, 6) is 0.235. The Labute approximate surface area is 104 Å². The van der Waals surface area contributed by atoms with Gasteiger partial charge in [-0.15, -0.1) is 10.2 Å². The Bertz CT molecular complexity index is 564. The molecule has 0 radical (unpaired) electrons. The molecule has 0 bridgehead atoms. The third-order valence-corrected chi connectivity index (χ3v) is 2.24. The minimum Gasteiger partial charge on any atom is -0.289 e. The fourth-order valence-electron chi connectivity index (χ4n) is 1.41. The largest absolute Gasteiger partial charge is 0.289 e. The molecule has 6 nitrogen and oxygen atoms in total. The van der Waals surface area contributed by atoms with Gasteiger partial charge in [-0.05, 0) is 18.4 Å². The first-order chi connectivity index (χ1) is 8.84. The van der Waals surface area contributed by atoms with Gasteiger partial charge in [-0.25, -0.2) is 5.43 Å². The van der Waals surface area contributed by atoms with E-state index in [0.29, 0.717) is 0 Å². The molecule has 92 valence electrons. The summed E-state index contributed by atoms with van der Waals surface area (Å²) in [6, 6.07) is 10.1. The molecule has 0 amide bonds. The smallest absolute Gasteiger partial charge is 0.271 e. The van der Waals surface area contributed by atoms with E-state index in [1.807, 2.05) is 18.2 Å². The summed E-state index contributed by atoms with van der Waals surface area (Å²) in [4.78, 5) is 13.4. The Morgan fingerprint density at radius 3 is 2.94 bits per heavy atom. The van der Waals surface area contributed by atoms with Gasteiger partial charge in [0.25, 0.3) is 5.56 Å². The first-order valence-electron chi connectivity index (χ1n) is 5.58. The number of hydrazone groups is 1. The van der Waals surface area contributed by atoms with Crippen LogP contribution in [0.5, 0.6) is 0 Å². The Hall–Kier alpha value is -2.50. The normalized spacial score (nSPS) is 10.7. The van der Waals surface area contributed by atoms with Crippen molar-refractivity contribution in [1.29, 1.82) is 0 Å². The molecule has 0 atom stereocenters. The van der Waals surface area contributed by atoms with Crippen LogP contribution in [0.2, 0.25) is 0 Å². The molecule has 0 aliphatic heterocycles. The number of nitrogens with one attached hydrogen (secondary N) is 2. The van der Waals surface area contributed by atoms with E-state index in [2.05, 4.69) is 37.8 Å².